The molecule has 2 fully saturated rings. The number of likely N-dealkylation sites (N-methyl/N-ethyl adjacent to an activating group) is 1. The highest BCUT2D eigenvalue weighted by molar-refractivity contribution is 5.76. The van der Waals surface area contributed by atoms with Gasteiger partial charge in [-0.1, -0.05) is 0 Å². The lowest BCUT2D eigenvalue weighted by molar-refractivity contribution is -0.122. The van der Waals surface area contributed by atoms with Crippen LogP contribution >= 0.6 is 0 Å². The van der Waals surface area contributed by atoms with E-state index >= 15 is 0 Å². The van der Waals surface area contributed by atoms with Crippen LogP contribution in [0.2, 0.25) is 0 Å². The molecule has 5 nitrogen and oxygen atoms in total. The van der Waals surface area contributed by atoms with E-state index in [-0.39, 0.29) is 5.91 Å². The smallest absolute Gasteiger partial charge is 0.220 e. The number of rotatable bonds is 4. The Morgan fingerprint density at radius 2 is 2.16 bits per heavy atom. The molecule has 0 saturated carbocycles. The summed E-state index contributed by atoms with van der Waals surface area (Å²) < 4.78 is 5.56. The molecule has 2 saturated heterocycles. The second-order valence-corrected chi connectivity index (χ2v) is 5.90. The molecule has 0 aromatic heterocycles. The lowest BCUT2D eigenvalue weighted by Crippen LogP contribution is -2.37. The van der Waals surface area contributed by atoms with E-state index in [0.717, 1.165) is 58.8 Å². The van der Waals surface area contributed by atoms with Crippen LogP contribution in [0, 0.1) is 11.8 Å². The van der Waals surface area contributed by atoms with Crippen molar-refractivity contribution in [1.82, 2.24) is 15.5 Å². The molecule has 1 unspecified atom stereocenters. The van der Waals surface area contributed by atoms with E-state index in [2.05, 4.69) is 22.6 Å². The van der Waals surface area contributed by atoms with Gasteiger partial charge in [-0.3, -0.25) is 4.79 Å². The molecule has 110 valence electrons. The van der Waals surface area contributed by atoms with Crippen molar-refractivity contribution in [2.75, 3.05) is 53.0 Å². The number of nitrogens with zero attached hydrogens (tertiary/aromatic N) is 1. The van der Waals surface area contributed by atoms with E-state index in [0.29, 0.717) is 18.3 Å². The topological polar surface area (TPSA) is 53.6 Å². The average Bonchev–Trinajstić information content (AvgIpc) is 2.62. The number of nitrogens with one attached hydrogen (secondary N) is 2. The first-order chi connectivity index (χ1) is 9.24. The standard InChI is InChI=1S/C14H27N3O2/c1-17-6-7-19-11-13(10-17)9-16-14(18)8-12-2-4-15-5-3-12/h12-13,15H,2-11H2,1H3,(H,16,18). The maximum atomic E-state index is 11.9. The maximum Gasteiger partial charge on any atom is 0.220 e. The fraction of sp³-hybridized carbons (Fsp3) is 0.929. The third kappa shape index (κ3) is 5.47. The summed E-state index contributed by atoms with van der Waals surface area (Å²) in [7, 11) is 2.11. The zero-order valence-electron chi connectivity index (χ0n) is 12.0. The molecule has 1 atom stereocenters. The molecule has 2 heterocycles. The molecule has 0 spiro atoms. The Balaban J connectivity index is 1.64. The molecule has 2 N–H and O–H groups in total. The van der Waals surface area contributed by atoms with Crippen LogP contribution in [0.3, 0.4) is 0 Å². The molecule has 1 amide bonds. The van der Waals surface area contributed by atoms with Crippen LogP contribution in [-0.4, -0.2) is 63.8 Å². The minimum atomic E-state index is 0.207. The Hall–Kier alpha value is -0.650. The summed E-state index contributed by atoms with van der Waals surface area (Å²) in [5.74, 6) is 1.19. The van der Waals surface area contributed by atoms with Crippen molar-refractivity contribution in [3.05, 3.63) is 0 Å². The third-order valence-electron chi connectivity index (χ3n) is 4.06. The van der Waals surface area contributed by atoms with E-state index < -0.39 is 0 Å². The van der Waals surface area contributed by atoms with Crippen molar-refractivity contribution in [3.63, 3.8) is 0 Å². The predicted octanol–water partition coefficient (Wildman–Crippen LogP) is 0.0705. The van der Waals surface area contributed by atoms with Crippen LogP contribution in [0.15, 0.2) is 0 Å². The van der Waals surface area contributed by atoms with Gasteiger partial charge < -0.3 is 20.3 Å². The molecule has 0 radical (unpaired) electrons. The van der Waals surface area contributed by atoms with Crippen LogP contribution in [-0.2, 0) is 9.53 Å². The lowest BCUT2D eigenvalue weighted by atomic mass is 9.94. The van der Waals surface area contributed by atoms with Crippen LogP contribution in [0.5, 0.6) is 0 Å². The number of carbonyl (C=O) groups is 1. The van der Waals surface area contributed by atoms with Gasteiger partial charge in [-0.25, -0.2) is 0 Å². The van der Waals surface area contributed by atoms with Gasteiger partial charge in [-0.05, 0) is 38.9 Å². The number of amides is 1. The number of ether oxygens (including phenoxy) is 1. The van der Waals surface area contributed by atoms with Crippen molar-refractivity contribution >= 4 is 5.91 Å². The van der Waals surface area contributed by atoms with Gasteiger partial charge in [-0.2, -0.15) is 0 Å². The molecule has 0 aromatic rings. The van der Waals surface area contributed by atoms with Gasteiger partial charge in [-0.15, -0.1) is 0 Å². The number of hydrogen-bond donors (Lipinski definition) is 2. The van der Waals surface area contributed by atoms with E-state index in [4.69, 9.17) is 4.74 Å². The van der Waals surface area contributed by atoms with Crippen molar-refractivity contribution in [3.8, 4) is 0 Å². The second-order valence-electron chi connectivity index (χ2n) is 5.90. The van der Waals surface area contributed by atoms with E-state index in [1.165, 1.54) is 0 Å². The van der Waals surface area contributed by atoms with Crippen LogP contribution in [0.1, 0.15) is 19.3 Å². The lowest BCUT2D eigenvalue weighted by Gasteiger charge is -2.23. The summed E-state index contributed by atoms with van der Waals surface area (Å²) in [6.45, 7) is 6.41. The summed E-state index contributed by atoms with van der Waals surface area (Å²) in [5, 5.41) is 6.41. The SMILES string of the molecule is CN1CCOCC(CNC(=O)CC2CCNCC2)C1. The van der Waals surface area contributed by atoms with Gasteiger partial charge in [0, 0.05) is 32.0 Å². The molecule has 0 aliphatic carbocycles. The average molecular weight is 269 g/mol. The quantitative estimate of drug-likeness (QED) is 0.758. The Bertz CT molecular complexity index is 280. The minimum Gasteiger partial charge on any atom is -0.380 e. The first kappa shape index (κ1) is 14.8. The van der Waals surface area contributed by atoms with E-state index in [1.807, 2.05) is 0 Å². The third-order valence-corrected chi connectivity index (χ3v) is 4.06. The largest absolute Gasteiger partial charge is 0.380 e. The number of hydrogen-bond acceptors (Lipinski definition) is 4. The summed E-state index contributed by atoms with van der Waals surface area (Å²) in [6, 6.07) is 0. The van der Waals surface area contributed by atoms with Crippen molar-refractivity contribution in [1.29, 1.82) is 0 Å². The fourth-order valence-electron chi connectivity index (χ4n) is 2.86. The molecule has 2 rings (SSSR count). The molecule has 2 aliphatic rings. The first-order valence-electron chi connectivity index (χ1n) is 7.47. The van der Waals surface area contributed by atoms with Crippen LogP contribution in [0.25, 0.3) is 0 Å². The Morgan fingerprint density at radius 3 is 2.95 bits per heavy atom. The monoisotopic (exact) mass is 269 g/mol. The highest BCUT2D eigenvalue weighted by Crippen LogP contribution is 2.15. The van der Waals surface area contributed by atoms with Crippen molar-refractivity contribution in [2.45, 2.75) is 19.3 Å². The van der Waals surface area contributed by atoms with Crippen molar-refractivity contribution < 1.29 is 9.53 Å². The van der Waals surface area contributed by atoms with Crippen molar-refractivity contribution in [2.24, 2.45) is 11.8 Å². The highest BCUT2D eigenvalue weighted by atomic mass is 16.5. The molecular weight excluding hydrogens is 242 g/mol. The Kier molecular flexibility index (Phi) is 6.07. The second kappa shape index (κ2) is 7.82. The predicted molar refractivity (Wildman–Crippen MR) is 75.0 cm³/mol. The Morgan fingerprint density at radius 1 is 1.37 bits per heavy atom. The number of carbonyl (C=O) groups excluding carboxylic acids is 1. The first-order valence-corrected chi connectivity index (χ1v) is 7.47. The highest BCUT2D eigenvalue weighted by Gasteiger charge is 2.19. The van der Waals surface area contributed by atoms with E-state index in [9.17, 15) is 4.79 Å². The van der Waals surface area contributed by atoms with Crippen LogP contribution < -0.4 is 10.6 Å². The van der Waals surface area contributed by atoms with Gasteiger partial charge >= 0.3 is 0 Å². The molecule has 5 heteroatoms. The summed E-state index contributed by atoms with van der Waals surface area (Å²) in [6.07, 6.45) is 2.94. The molecule has 0 aromatic carbocycles. The fourth-order valence-corrected chi connectivity index (χ4v) is 2.86. The van der Waals surface area contributed by atoms with Gasteiger partial charge in [0.05, 0.1) is 13.2 Å². The molecular formula is C14H27N3O2. The maximum absolute atomic E-state index is 11.9. The van der Waals surface area contributed by atoms with Crippen LogP contribution in [0.4, 0.5) is 0 Å². The van der Waals surface area contributed by atoms with Gasteiger partial charge in [0.25, 0.3) is 0 Å². The van der Waals surface area contributed by atoms with Gasteiger partial charge in [0.1, 0.15) is 0 Å². The summed E-state index contributed by atoms with van der Waals surface area (Å²) in [4.78, 5) is 14.2. The van der Waals surface area contributed by atoms with Gasteiger partial charge in [0.2, 0.25) is 5.91 Å². The molecule has 2 aliphatic heterocycles. The normalized spacial score (nSPS) is 26.9. The Labute approximate surface area is 116 Å². The number of piperidine rings is 1. The molecule has 0 bridgehead atoms. The minimum absolute atomic E-state index is 0.207. The van der Waals surface area contributed by atoms with E-state index in [1.54, 1.807) is 0 Å². The zero-order valence-corrected chi connectivity index (χ0v) is 12.0. The van der Waals surface area contributed by atoms with Gasteiger partial charge in [0.15, 0.2) is 0 Å². The summed E-state index contributed by atoms with van der Waals surface area (Å²) >= 11 is 0. The molecule has 19 heavy (non-hydrogen) atoms. The summed E-state index contributed by atoms with van der Waals surface area (Å²) in [5.41, 5.74) is 0. The zero-order chi connectivity index (χ0) is 13.5.